The summed E-state index contributed by atoms with van der Waals surface area (Å²) in [5.74, 6) is 2.03. The number of allylic oxidation sites excluding steroid dienone is 2. The Bertz CT molecular complexity index is 1050. The first-order valence-corrected chi connectivity index (χ1v) is 14.3. The van der Waals surface area contributed by atoms with Gasteiger partial charge in [-0.3, -0.25) is 0 Å². The summed E-state index contributed by atoms with van der Waals surface area (Å²) in [5, 5.41) is 3.93. The Morgan fingerprint density at radius 3 is 2.14 bits per heavy atom. The second kappa shape index (κ2) is 9.48. The van der Waals surface area contributed by atoms with Crippen LogP contribution in [0.1, 0.15) is 68.9 Å². The molecule has 35 heavy (non-hydrogen) atoms. The van der Waals surface area contributed by atoms with Crippen molar-refractivity contribution in [3.63, 3.8) is 0 Å². The first kappa shape index (κ1) is 23.4. The fraction of sp³-hybridized carbons (Fsp3) is 0.531. The van der Waals surface area contributed by atoms with Crippen molar-refractivity contribution in [3.05, 3.63) is 83.4 Å². The Morgan fingerprint density at radius 1 is 0.886 bits per heavy atom. The topological polar surface area (TPSA) is 38.0 Å². The van der Waals surface area contributed by atoms with Gasteiger partial charge in [-0.25, -0.2) is 0 Å². The predicted octanol–water partition coefficient (Wildman–Crippen LogP) is 6.74. The van der Waals surface area contributed by atoms with Crippen molar-refractivity contribution in [2.45, 2.75) is 75.7 Å². The van der Waals surface area contributed by atoms with Crippen LogP contribution >= 0.6 is 12.2 Å². The van der Waals surface area contributed by atoms with Crippen LogP contribution < -0.4 is 11.1 Å². The minimum Gasteiger partial charge on any atom is -0.376 e. The molecule has 4 bridgehead atoms. The predicted molar refractivity (Wildman–Crippen MR) is 149 cm³/mol. The third-order valence-electron chi connectivity index (χ3n) is 9.97. The summed E-state index contributed by atoms with van der Waals surface area (Å²) >= 11 is 6.31. The van der Waals surface area contributed by atoms with Crippen molar-refractivity contribution in [3.8, 4) is 0 Å². The van der Waals surface area contributed by atoms with Gasteiger partial charge in [0.2, 0.25) is 0 Å². The first-order valence-electron chi connectivity index (χ1n) is 13.9. The van der Waals surface area contributed by atoms with Gasteiger partial charge >= 0.3 is 0 Å². The third kappa shape index (κ3) is 4.40. The molecule has 3 N–H and O–H groups in total. The van der Waals surface area contributed by atoms with Crippen LogP contribution in [0.4, 0.5) is 0 Å². The molecule has 2 aromatic rings. The van der Waals surface area contributed by atoms with E-state index in [1.807, 2.05) is 0 Å². The number of thiocarbonyl (C=S) groups is 1. The summed E-state index contributed by atoms with van der Waals surface area (Å²) in [6, 6.07) is 22.9. The van der Waals surface area contributed by atoms with Crippen LogP contribution in [0.3, 0.4) is 0 Å². The zero-order valence-electron chi connectivity index (χ0n) is 20.9. The van der Waals surface area contributed by atoms with Gasteiger partial charge in [-0.05, 0) is 105 Å². The summed E-state index contributed by atoms with van der Waals surface area (Å²) in [5.41, 5.74) is 11.1. The van der Waals surface area contributed by atoms with Crippen molar-refractivity contribution in [1.29, 1.82) is 0 Å². The molecule has 5 aliphatic rings. The van der Waals surface area contributed by atoms with Crippen LogP contribution in [0, 0.1) is 23.2 Å². The summed E-state index contributed by atoms with van der Waals surface area (Å²) in [6.45, 7) is 0.835. The fourth-order valence-electron chi connectivity index (χ4n) is 8.40. The van der Waals surface area contributed by atoms with Crippen LogP contribution in [-0.2, 0) is 11.8 Å². The molecule has 0 radical (unpaired) electrons. The normalized spacial score (nSPS) is 35.6. The molecule has 0 heterocycles. The van der Waals surface area contributed by atoms with E-state index in [1.165, 1.54) is 68.3 Å². The lowest BCUT2D eigenvalue weighted by Gasteiger charge is -2.63. The molecule has 0 aromatic heterocycles. The lowest BCUT2D eigenvalue weighted by Crippen LogP contribution is -2.60. The average Bonchev–Trinajstić information content (AvgIpc) is 2.89. The molecule has 2 atom stereocenters. The quantitative estimate of drug-likeness (QED) is 0.352. The van der Waals surface area contributed by atoms with Gasteiger partial charge in [0.05, 0.1) is 4.99 Å². The summed E-state index contributed by atoms with van der Waals surface area (Å²) in [4.78, 5) is 1.19. The average molecular weight is 485 g/mol. The second-order valence-corrected chi connectivity index (χ2v) is 12.5. The maximum absolute atomic E-state index is 6.31. The van der Waals surface area contributed by atoms with Crippen molar-refractivity contribution in [2.24, 2.45) is 28.9 Å². The fourth-order valence-corrected chi connectivity index (χ4v) is 8.80. The molecule has 3 heteroatoms. The molecule has 7 rings (SSSR count). The lowest BCUT2D eigenvalue weighted by atomic mass is 9.41. The molecule has 0 aliphatic heterocycles. The minimum atomic E-state index is 0.159. The zero-order chi connectivity index (χ0) is 23.9. The summed E-state index contributed by atoms with van der Waals surface area (Å²) in [7, 11) is 0. The molecule has 5 fully saturated rings. The van der Waals surface area contributed by atoms with Crippen LogP contribution in [-0.4, -0.2) is 17.6 Å². The van der Waals surface area contributed by atoms with Gasteiger partial charge in [0.15, 0.2) is 0 Å². The van der Waals surface area contributed by atoms with Crippen molar-refractivity contribution in [2.75, 3.05) is 6.54 Å². The van der Waals surface area contributed by atoms with E-state index in [4.69, 9.17) is 18.0 Å². The van der Waals surface area contributed by atoms with E-state index in [1.54, 1.807) is 11.1 Å². The van der Waals surface area contributed by atoms with E-state index in [0.29, 0.717) is 23.8 Å². The number of hydrogen-bond donors (Lipinski definition) is 2. The largest absolute Gasteiger partial charge is 0.376 e. The SMILES string of the molecule is NC[C@H]1CC[C@H](NC(=S)C23CC4CC(c5ccccc5)(CC(C2)C4=CCc2ccccc2)C3)CC1. The van der Waals surface area contributed by atoms with E-state index in [0.717, 1.165) is 13.0 Å². The van der Waals surface area contributed by atoms with Crippen molar-refractivity contribution in [1.82, 2.24) is 5.32 Å². The molecule has 184 valence electrons. The number of nitrogens with one attached hydrogen (secondary N) is 1. The standard InChI is InChI=1S/C32H40N2S/c33-21-24-11-14-28(15-12-24)34-30(35)32-19-25-17-31(22-32,27-9-5-2-6-10-27)18-26(20-32)29(25)16-13-23-7-3-1-4-8-23/h1-10,16,24-26,28H,11-15,17-22,33H2,(H,34,35)/t24-,25?,26?,28-,31?,32?. The highest BCUT2D eigenvalue weighted by molar-refractivity contribution is 7.80. The summed E-state index contributed by atoms with van der Waals surface area (Å²) < 4.78 is 0. The van der Waals surface area contributed by atoms with Crippen LogP contribution in [0.25, 0.3) is 0 Å². The van der Waals surface area contributed by atoms with Crippen LogP contribution in [0.5, 0.6) is 0 Å². The number of benzene rings is 2. The number of hydrogen-bond acceptors (Lipinski definition) is 2. The highest BCUT2D eigenvalue weighted by Gasteiger charge is 2.61. The second-order valence-electron chi connectivity index (χ2n) is 12.1. The Morgan fingerprint density at radius 2 is 1.51 bits per heavy atom. The minimum absolute atomic E-state index is 0.159. The van der Waals surface area contributed by atoms with Gasteiger partial charge in [0, 0.05) is 11.5 Å². The van der Waals surface area contributed by atoms with E-state index in [-0.39, 0.29) is 10.8 Å². The summed E-state index contributed by atoms with van der Waals surface area (Å²) in [6.07, 6.45) is 14.9. The van der Waals surface area contributed by atoms with Gasteiger partial charge in [0.25, 0.3) is 0 Å². The van der Waals surface area contributed by atoms with E-state index in [2.05, 4.69) is 72.1 Å². The molecular weight excluding hydrogens is 444 g/mol. The molecule has 5 aliphatic carbocycles. The smallest absolute Gasteiger partial charge is 0.0818 e. The molecule has 2 nitrogen and oxygen atoms in total. The van der Waals surface area contributed by atoms with Gasteiger partial charge < -0.3 is 11.1 Å². The lowest BCUT2D eigenvalue weighted by molar-refractivity contribution is 0.00538. The van der Waals surface area contributed by atoms with Crippen LogP contribution in [0.15, 0.2) is 72.3 Å². The molecular formula is C32H40N2S. The highest BCUT2D eigenvalue weighted by Crippen LogP contribution is 2.67. The third-order valence-corrected chi connectivity index (χ3v) is 10.5. The Hall–Kier alpha value is -1.97. The molecule has 0 saturated heterocycles. The highest BCUT2D eigenvalue weighted by atomic mass is 32.1. The monoisotopic (exact) mass is 484 g/mol. The molecule has 0 spiro atoms. The van der Waals surface area contributed by atoms with Gasteiger partial charge in [-0.1, -0.05) is 84.5 Å². The van der Waals surface area contributed by atoms with Crippen LogP contribution in [0.2, 0.25) is 0 Å². The first-order chi connectivity index (χ1) is 17.1. The van der Waals surface area contributed by atoms with Gasteiger partial charge in [0.1, 0.15) is 0 Å². The molecule has 2 aromatic carbocycles. The van der Waals surface area contributed by atoms with Crippen molar-refractivity contribution < 1.29 is 0 Å². The van der Waals surface area contributed by atoms with E-state index < -0.39 is 0 Å². The van der Waals surface area contributed by atoms with E-state index >= 15 is 0 Å². The Balaban J connectivity index is 1.27. The maximum atomic E-state index is 6.31. The molecule has 0 amide bonds. The van der Waals surface area contributed by atoms with Gasteiger partial charge in [-0.2, -0.15) is 0 Å². The maximum Gasteiger partial charge on any atom is 0.0818 e. The van der Waals surface area contributed by atoms with Gasteiger partial charge in [-0.15, -0.1) is 0 Å². The Labute approximate surface area is 216 Å². The van der Waals surface area contributed by atoms with E-state index in [9.17, 15) is 0 Å². The molecule has 5 saturated carbocycles. The van der Waals surface area contributed by atoms with Crippen molar-refractivity contribution >= 4 is 17.2 Å². The molecule has 2 unspecified atom stereocenters. The zero-order valence-corrected chi connectivity index (χ0v) is 21.7. The number of rotatable bonds is 6. The Kier molecular flexibility index (Phi) is 6.35. The number of nitrogens with two attached hydrogens (primary N) is 1.